The molecule has 2 fully saturated rings. The fourth-order valence-electron chi connectivity index (χ4n) is 6.99. The highest BCUT2D eigenvalue weighted by molar-refractivity contribution is 5.92. The molecule has 3 aromatic rings. The van der Waals surface area contributed by atoms with E-state index in [4.69, 9.17) is 9.47 Å². The molecular formula is C33H47N3O2. The minimum absolute atomic E-state index is 0.404. The van der Waals surface area contributed by atoms with Crippen LogP contribution in [0.1, 0.15) is 81.9 Å². The van der Waals surface area contributed by atoms with Gasteiger partial charge in [0.25, 0.3) is 0 Å². The summed E-state index contributed by atoms with van der Waals surface area (Å²) in [6, 6.07) is 12.6. The third-order valence-corrected chi connectivity index (χ3v) is 9.19. The normalized spacial score (nSPS) is 18.7. The average molecular weight is 518 g/mol. The number of aryl methyl sites for hydroxylation is 1. The summed E-state index contributed by atoms with van der Waals surface area (Å²) < 4.78 is 11.1. The van der Waals surface area contributed by atoms with Crippen LogP contribution in [0.5, 0.6) is 11.5 Å². The first-order valence-electron chi connectivity index (χ1n) is 14.7. The predicted octanol–water partition coefficient (Wildman–Crippen LogP) is 7.34. The molecule has 0 saturated carbocycles. The first-order chi connectivity index (χ1) is 18.3. The Labute approximate surface area is 229 Å². The molecule has 3 heterocycles. The highest BCUT2D eigenvalue weighted by Crippen LogP contribution is 2.41. The van der Waals surface area contributed by atoms with E-state index in [2.05, 4.69) is 73.7 Å². The number of ether oxygens (including phenoxy) is 2. The first-order valence-corrected chi connectivity index (χ1v) is 14.7. The van der Waals surface area contributed by atoms with Crippen LogP contribution in [-0.4, -0.2) is 67.3 Å². The van der Waals surface area contributed by atoms with Crippen LogP contribution in [0.3, 0.4) is 0 Å². The molecule has 38 heavy (non-hydrogen) atoms. The minimum atomic E-state index is 0.404. The third kappa shape index (κ3) is 5.20. The van der Waals surface area contributed by atoms with E-state index >= 15 is 0 Å². The Morgan fingerprint density at radius 3 is 2.13 bits per heavy atom. The van der Waals surface area contributed by atoms with Crippen LogP contribution in [0.15, 0.2) is 30.3 Å². The van der Waals surface area contributed by atoms with Crippen LogP contribution in [0.25, 0.3) is 22.2 Å². The number of fused-ring (bicyclic) bond motifs is 1. The van der Waals surface area contributed by atoms with Gasteiger partial charge in [-0.25, -0.2) is 0 Å². The van der Waals surface area contributed by atoms with Gasteiger partial charge in [0.1, 0.15) is 0 Å². The quantitative estimate of drug-likeness (QED) is 0.356. The van der Waals surface area contributed by atoms with E-state index in [0.29, 0.717) is 17.9 Å². The Morgan fingerprint density at radius 2 is 1.53 bits per heavy atom. The number of aromatic amines is 1. The second-order valence-electron chi connectivity index (χ2n) is 12.1. The van der Waals surface area contributed by atoms with Crippen molar-refractivity contribution < 1.29 is 9.47 Å². The molecule has 206 valence electrons. The second kappa shape index (κ2) is 11.3. The van der Waals surface area contributed by atoms with Gasteiger partial charge in [0.2, 0.25) is 0 Å². The monoisotopic (exact) mass is 517 g/mol. The van der Waals surface area contributed by atoms with E-state index < -0.39 is 0 Å². The number of methoxy groups -OCH3 is 2. The van der Waals surface area contributed by atoms with Crippen molar-refractivity contribution in [2.45, 2.75) is 84.2 Å². The van der Waals surface area contributed by atoms with Gasteiger partial charge in [-0.05, 0) is 131 Å². The minimum Gasteiger partial charge on any atom is -0.493 e. The lowest BCUT2D eigenvalue weighted by atomic mass is 9.84. The molecule has 1 aromatic heterocycles. The van der Waals surface area contributed by atoms with Crippen molar-refractivity contribution in [2.75, 3.05) is 40.4 Å². The van der Waals surface area contributed by atoms with Crippen molar-refractivity contribution in [1.29, 1.82) is 0 Å². The lowest BCUT2D eigenvalue weighted by molar-refractivity contribution is 0.0753. The van der Waals surface area contributed by atoms with Gasteiger partial charge in [0, 0.05) is 28.6 Å². The van der Waals surface area contributed by atoms with E-state index in [-0.39, 0.29) is 0 Å². The summed E-state index contributed by atoms with van der Waals surface area (Å²) in [4.78, 5) is 9.21. The van der Waals surface area contributed by atoms with Crippen molar-refractivity contribution >= 4 is 10.9 Å². The third-order valence-electron chi connectivity index (χ3n) is 9.19. The van der Waals surface area contributed by atoms with Crippen molar-refractivity contribution in [3.8, 4) is 22.8 Å². The highest BCUT2D eigenvalue weighted by Gasteiger charge is 2.30. The number of likely N-dealkylation sites (tertiary alicyclic amines) is 2. The van der Waals surface area contributed by atoms with Crippen LogP contribution in [0, 0.1) is 6.92 Å². The molecule has 0 radical (unpaired) electrons. The van der Waals surface area contributed by atoms with Crippen molar-refractivity contribution in [3.05, 3.63) is 47.0 Å². The molecule has 0 aliphatic carbocycles. The summed E-state index contributed by atoms with van der Waals surface area (Å²) in [5, 5.41) is 1.37. The number of piperidine rings is 2. The number of H-pyrrole nitrogens is 1. The Kier molecular flexibility index (Phi) is 8.06. The molecule has 2 saturated heterocycles. The number of hydrogen-bond donors (Lipinski definition) is 1. The van der Waals surface area contributed by atoms with Crippen molar-refractivity contribution in [3.63, 3.8) is 0 Å². The average Bonchev–Trinajstić information content (AvgIpc) is 3.30. The van der Waals surface area contributed by atoms with Crippen molar-refractivity contribution in [2.24, 2.45) is 0 Å². The molecule has 5 nitrogen and oxygen atoms in total. The zero-order chi connectivity index (χ0) is 27.0. The van der Waals surface area contributed by atoms with Gasteiger partial charge in [-0.1, -0.05) is 13.8 Å². The zero-order valence-electron chi connectivity index (χ0n) is 24.6. The molecule has 0 spiro atoms. The van der Waals surface area contributed by atoms with Gasteiger partial charge in [0.05, 0.1) is 19.9 Å². The summed E-state index contributed by atoms with van der Waals surface area (Å²) in [5.74, 6) is 2.57. The fraction of sp³-hybridized carbons (Fsp3) is 0.576. The maximum Gasteiger partial charge on any atom is 0.161 e. The predicted molar refractivity (Wildman–Crippen MR) is 159 cm³/mol. The van der Waals surface area contributed by atoms with E-state index in [9.17, 15) is 0 Å². The number of benzene rings is 2. The molecule has 2 aliphatic rings. The van der Waals surface area contributed by atoms with E-state index in [0.717, 1.165) is 23.1 Å². The Balaban J connectivity index is 1.39. The summed E-state index contributed by atoms with van der Waals surface area (Å²) in [6.45, 7) is 16.5. The van der Waals surface area contributed by atoms with Crippen LogP contribution < -0.4 is 9.47 Å². The summed E-state index contributed by atoms with van der Waals surface area (Å²) in [6.07, 6.45) is 5.18. The summed E-state index contributed by atoms with van der Waals surface area (Å²) in [7, 11) is 3.38. The standard InChI is InChI=1S/C33H47N3O2/c1-21(2)32-28-20-27(24-10-14-36(15-11-24)26-12-16-35(17-13-26)22(3)4)23(5)18-29(28)34-33(32)25-8-9-30(37-6)31(19-25)38-7/h8-9,18-22,24,26,34H,10-17H2,1-7H3. The van der Waals surface area contributed by atoms with Gasteiger partial charge in [0.15, 0.2) is 11.5 Å². The fourth-order valence-corrected chi connectivity index (χ4v) is 6.99. The SMILES string of the molecule is COc1ccc(-c2[nH]c3cc(C)c(C4CCN(C5CCN(C(C)C)CC5)CC4)cc3c2C(C)C)cc1OC. The van der Waals surface area contributed by atoms with Crippen LogP contribution in [0.4, 0.5) is 0 Å². The van der Waals surface area contributed by atoms with Gasteiger partial charge < -0.3 is 24.3 Å². The Morgan fingerprint density at radius 1 is 0.842 bits per heavy atom. The molecule has 5 rings (SSSR count). The van der Waals surface area contributed by atoms with E-state index in [1.807, 2.05) is 6.07 Å². The molecule has 2 aliphatic heterocycles. The molecule has 0 amide bonds. The van der Waals surface area contributed by atoms with Gasteiger partial charge in [-0.3, -0.25) is 0 Å². The van der Waals surface area contributed by atoms with Crippen LogP contribution in [-0.2, 0) is 0 Å². The number of aromatic nitrogens is 1. The maximum atomic E-state index is 5.61. The summed E-state index contributed by atoms with van der Waals surface area (Å²) in [5.41, 5.74) is 7.91. The lowest BCUT2D eigenvalue weighted by Crippen LogP contribution is -2.48. The summed E-state index contributed by atoms with van der Waals surface area (Å²) >= 11 is 0. The number of nitrogens with one attached hydrogen (secondary N) is 1. The lowest BCUT2D eigenvalue weighted by Gasteiger charge is -2.43. The zero-order valence-corrected chi connectivity index (χ0v) is 24.6. The van der Waals surface area contributed by atoms with E-state index in [1.165, 1.54) is 79.6 Å². The Bertz CT molecular complexity index is 1240. The number of nitrogens with zero attached hydrogens (tertiary/aromatic N) is 2. The first kappa shape index (κ1) is 27.1. The smallest absolute Gasteiger partial charge is 0.161 e. The maximum absolute atomic E-state index is 5.61. The Hall–Kier alpha value is -2.50. The van der Waals surface area contributed by atoms with Gasteiger partial charge in [-0.2, -0.15) is 0 Å². The van der Waals surface area contributed by atoms with Crippen molar-refractivity contribution in [1.82, 2.24) is 14.8 Å². The molecule has 2 aromatic carbocycles. The molecule has 1 N–H and O–H groups in total. The molecule has 0 unspecified atom stereocenters. The number of rotatable bonds is 7. The molecule has 0 bridgehead atoms. The van der Waals surface area contributed by atoms with E-state index in [1.54, 1.807) is 19.8 Å². The van der Waals surface area contributed by atoms with Gasteiger partial charge >= 0.3 is 0 Å². The highest BCUT2D eigenvalue weighted by atomic mass is 16.5. The topological polar surface area (TPSA) is 40.7 Å². The van der Waals surface area contributed by atoms with Gasteiger partial charge in [-0.15, -0.1) is 0 Å². The molecular weight excluding hydrogens is 470 g/mol. The van der Waals surface area contributed by atoms with Crippen LogP contribution >= 0.6 is 0 Å². The molecule has 5 heteroatoms. The van der Waals surface area contributed by atoms with Crippen LogP contribution in [0.2, 0.25) is 0 Å². The second-order valence-corrected chi connectivity index (χ2v) is 12.1. The largest absolute Gasteiger partial charge is 0.493 e. The number of hydrogen-bond acceptors (Lipinski definition) is 4. The molecule has 0 atom stereocenters.